The predicted molar refractivity (Wildman–Crippen MR) is 82.0 cm³/mol. The summed E-state index contributed by atoms with van der Waals surface area (Å²) >= 11 is 0. The molecule has 0 saturated carbocycles. The average Bonchev–Trinajstić information content (AvgIpc) is 2.49. The molecular weight excluding hydrogens is 309 g/mol. The van der Waals surface area contributed by atoms with Gasteiger partial charge in [0.05, 0.1) is 0 Å². The lowest BCUT2D eigenvalue weighted by atomic mass is 10.0. The van der Waals surface area contributed by atoms with E-state index in [2.05, 4.69) is 0 Å². The van der Waals surface area contributed by atoms with Crippen molar-refractivity contribution < 1.29 is 18.0 Å². The summed E-state index contributed by atoms with van der Waals surface area (Å²) in [6, 6.07) is 1.86. The minimum absolute atomic E-state index is 0.345. The van der Waals surface area contributed by atoms with E-state index in [0.29, 0.717) is 19.0 Å². The van der Waals surface area contributed by atoms with Crippen LogP contribution in [-0.2, 0) is 17.5 Å². The quantitative estimate of drug-likeness (QED) is 0.770. The van der Waals surface area contributed by atoms with Gasteiger partial charge in [-0.1, -0.05) is 26.7 Å². The van der Waals surface area contributed by atoms with Gasteiger partial charge in [0.25, 0.3) is 5.56 Å². The smallest absolute Gasteiger partial charge is 0.341 e. The van der Waals surface area contributed by atoms with Gasteiger partial charge in [-0.2, -0.15) is 13.2 Å². The van der Waals surface area contributed by atoms with Crippen LogP contribution in [0.3, 0.4) is 0 Å². The Morgan fingerprint density at radius 2 is 1.87 bits per heavy atom. The monoisotopic (exact) mass is 332 g/mol. The van der Waals surface area contributed by atoms with Crippen LogP contribution in [0.1, 0.15) is 39.2 Å². The summed E-state index contributed by atoms with van der Waals surface area (Å²) in [5.74, 6) is -0.00189. The van der Waals surface area contributed by atoms with Crippen molar-refractivity contribution in [2.24, 2.45) is 5.92 Å². The number of hydrogen-bond acceptors (Lipinski definition) is 2. The lowest BCUT2D eigenvalue weighted by molar-refractivity contribution is -0.139. The Bertz CT molecular complexity index is 577. The first-order chi connectivity index (χ1) is 10.7. The summed E-state index contributed by atoms with van der Waals surface area (Å²) < 4.78 is 39.1. The van der Waals surface area contributed by atoms with E-state index >= 15 is 0 Å². The predicted octanol–water partition coefficient (Wildman–Crippen LogP) is 3.15. The van der Waals surface area contributed by atoms with Gasteiger partial charge in [0.1, 0.15) is 12.1 Å². The van der Waals surface area contributed by atoms with E-state index in [1.807, 2.05) is 20.8 Å². The molecule has 0 fully saturated rings. The molecule has 0 aliphatic rings. The number of halogens is 3. The van der Waals surface area contributed by atoms with Crippen LogP contribution in [0.25, 0.3) is 0 Å². The highest BCUT2D eigenvalue weighted by atomic mass is 19.4. The molecule has 0 unspecified atom stereocenters. The third-order valence-electron chi connectivity index (χ3n) is 4.00. The second-order valence-corrected chi connectivity index (χ2v) is 5.47. The molecular formula is C16H23F3N2O2. The number of amides is 1. The van der Waals surface area contributed by atoms with Crippen LogP contribution in [0, 0.1) is 5.92 Å². The molecule has 1 heterocycles. The Labute approximate surface area is 133 Å². The van der Waals surface area contributed by atoms with Crippen LogP contribution in [0.5, 0.6) is 0 Å². The first-order valence-electron chi connectivity index (χ1n) is 7.78. The average molecular weight is 332 g/mol. The Hall–Kier alpha value is -1.79. The van der Waals surface area contributed by atoms with Crippen molar-refractivity contribution in [1.82, 2.24) is 9.47 Å². The maximum Gasteiger partial charge on any atom is 0.421 e. The molecule has 4 nitrogen and oxygen atoms in total. The highest BCUT2D eigenvalue weighted by Gasteiger charge is 2.34. The van der Waals surface area contributed by atoms with Crippen molar-refractivity contribution in [2.75, 3.05) is 13.1 Å². The number of carbonyl (C=O) groups excluding carboxylic acids is 1. The fourth-order valence-electron chi connectivity index (χ4n) is 2.39. The lowest BCUT2D eigenvalue weighted by Gasteiger charge is -2.26. The first-order valence-corrected chi connectivity index (χ1v) is 7.78. The summed E-state index contributed by atoms with van der Waals surface area (Å²) in [7, 11) is 0. The maximum atomic E-state index is 12.7. The molecule has 23 heavy (non-hydrogen) atoms. The van der Waals surface area contributed by atoms with Crippen molar-refractivity contribution in [3.8, 4) is 0 Å². The molecule has 0 atom stereocenters. The molecule has 0 bridgehead atoms. The molecule has 1 aromatic heterocycles. The molecule has 130 valence electrons. The van der Waals surface area contributed by atoms with Gasteiger partial charge in [0.2, 0.25) is 5.91 Å². The number of alkyl halides is 3. The van der Waals surface area contributed by atoms with Gasteiger partial charge in [-0.3, -0.25) is 9.59 Å². The van der Waals surface area contributed by atoms with Crippen molar-refractivity contribution in [2.45, 2.75) is 46.3 Å². The van der Waals surface area contributed by atoms with Crippen LogP contribution < -0.4 is 5.56 Å². The third-order valence-corrected chi connectivity index (χ3v) is 4.00. The molecule has 0 aliphatic heterocycles. The van der Waals surface area contributed by atoms with Gasteiger partial charge in [0, 0.05) is 19.3 Å². The molecule has 1 aromatic rings. The zero-order chi connectivity index (χ0) is 17.6. The summed E-state index contributed by atoms with van der Waals surface area (Å²) in [5.41, 5.74) is -2.44. The summed E-state index contributed by atoms with van der Waals surface area (Å²) in [4.78, 5) is 25.8. The Morgan fingerprint density at radius 1 is 1.26 bits per heavy atom. The van der Waals surface area contributed by atoms with Gasteiger partial charge in [0.15, 0.2) is 0 Å². The number of carbonyl (C=O) groups is 1. The Morgan fingerprint density at radius 3 is 2.35 bits per heavy atom. The van der Waals surface area contributed by atoms with E-state index in [4.69, 9.17) is 0 Å². The fourth-order valence-corrected chi connectivity index (χ4v) is 2.39. The van der Waals surface area contributed by atoms with Crippen molar-refractivity contribution >= 4 is 5.91 Å². The molecule has 1 rings (SSSR count). The van der Waals surface area contributed by atoms with Gasteiger partial charge in [-0.25, -0.2) is 0 Å². The Balaban J connectivity index is 2.94. The minimum atomic E-state index is -4.72. The van der Waals surface area contributed by atoms with E-state index in [-0.39, 0.29) is 12.5 Å². The van der Waals surface area contributed by atoms with Crippen LogP contribution in [-0.4, -0.2) is 28.5 Å². The number of aromatic nitrogens is 1. The number of likely N-dealkylation sites (N-methyl/N-ethyl adjacent to an activating group) is 1. The number of nitrogens with zero attached hydrogens (tertiary/aromatic N) is 2. The molecule has 0 N–H and O–H groups in total. The minimum Gasteiger partial charge on any atom is -0.341 e. The second-order valence-electron chi connectivity index (χ2n) is 5.47. The number of pyridine rings is 1. The maximum absolute atomic E-state index is 12.7. The Kier molecular flexibility index (Phi) is 6.84. The van der Waals surface area contributed by atoms with E-state index < -0.39 is 17.3 Å². The van der Waals surface area contributed by atoms with E-state index in [9.17, 15) is 22.8 Å². The zero-order valence-corrected chi connectivity index (χ0v) is 13.7. The molecule has 0 spiro atoms. The molecule has 0 saturated heterocycles. The SMILES string of the molecule is CCC(CC)CN(CC)C(=O)Cn1cccc(C(F)(F)F)c1=O. The summed E-state index contributed by atoms with van der Waals surface area (Å²) in [5, 5.41) is 0. The second kappa shape index (κ2) is 8.17. The van der Waals surface area contributed by atoms with Crippen LogP contribution in [0.4, 0.5) is 13.2 Å². The number of rotatable bonds is 7. The fraction of sp³-hybridized carbons (Fsp3) is 0.625. The zero-order valence-electron chi connectivity index (χ0n) is 13.7. The van der Waals surface area contributed by atoms with E-state index in [1.54, 1.807) is 4.90 Å². The number of hydrogen-bond donors (Lipinski definition) is 0. The van der Waals surface area contributed by atoms with Gasteiger partial charge < -0.3 is 9.47 Å². The summed E-state index contributed by atoms with van der Waals surface area (Å²) in [6.45, 7) is 6.51. The third kappa shape index (κ3) is 5.11. The molecule has 0 radical (unpaired) electrons. The van der Waals surface area contributed by atoms with Crippen molar-refractivity contribution in [3.05, 3.63) is 34.2 Å². The van der Waals surface area contributed by atoms with Gasteiger partial charge in [-0.05, 0) is 25.0 Å². The van der Waals surface area contributed by atoms with Crippen molar-refractivity contribution in [1.29, 1.82) is 0 Å². The van der Waals surface area contributed by atoms with Gasteiger partial charge >= 0.3 is 6.18 Å². The van der Waals surface area contributed by atoms with Crippen molar-refractivity contribution in [3.63, 3.8) is 0 Å². The van der Waals surface area contributed by atoms with Crippen LogP contribution >= 0.6 is 0 Å². The topological polar surface area (TPSA) is 42.3 Å². The molecule has 0 aromatic carbocycles. The lowest BCUT2D eigenvalue weighted by Crippen LogP contribution is -2.40. The highest BCUT2D eigenvalue weighted by molar-refractivity contribution is 5.76. The molecule has 7 heteroatoms. The normalized spacial score (nSPS) is 11.8. The summed E-state index contributed by atoms with van der Waals surface area (Å²) in [6.07, 6.45) is -1.67. The van der Waals surface area contributed by atoms with E-state index in [0.717, 1.165) is 29.5 Å². The standard InChI is InChI=1S/C16H23F3N2O2/c1-4-12(5-2)10-20(6-3)14(22)11-21-9-7-8-13(15(21)23)16(17,18)19/h7-9,12H,4-6,10-11H2,1-3H3. The van der Waals surface area contributed by atoms with E-state index in [1.165, 1.54) is 6.20 Å². The first kappa shape index (κ1) is 19.3. The van der Waals surface area contributed by atoms with Gasteiger partial charge in [-0.15, -0.1) is 0 Å². The van der Waals surface area contributed by atoms with Crippen LogP contribution in [0.2, 0.25) is 0 Å². The molecule has 0 aliphatic carbocycles. The molecule has 1 amide bonds. The highest BCUT2D eigenvalue weighted by Crippen LogP contribution is 2.25. The van der Waals surface area contributed by atoms with Crippen LogP contribution in [0.15, 0.2) is 23.1 Å². The largest absolute Gasteiger partial charge is 0.421 e.